The second-order valence-electron chi connectivity index (χ2n) is 9.79. The number of halogens is 2. The zero-order valence-corrected chi connectivity index (χ0v) is 21.4. The number of nitrogens with zero attached hydrogens (tertiary/aromatic N) is 2. The van der Waals surface area contributed by atoms with Crippen molar-refractivity contribution >= 4 is 17.5 Å². The molecule has 8 heteroatoms. The van der Waals surface area contributed by atoms with Gasteiger partial charge in [0.25, 0.3) is 0 Å². The largest absolute Gasteiger partial charge is 0.497 e. The summed E-state index contributed by atoms with van der Waals surface area (Å²) in [7, 11) is 1.53. The number of hydrogen-bond acceptors (Lipinski definition) is 5. The van der Waals surface area contributed by atoms with Gasteiger partial charge < -0.3 is 19.1 Å². The number of ether oxygens (including phenoxy) is 3. The lowest BCUT2D eigenvalue weighted by molar-refractivity contribution is -0.136. The number of fused-ring (bicyclic) bond motifs is 1. The number of benzene rings is 2. The highest BCUT2D eigenvalue weighted by atomic mass is 35.5. The van der Waals surface area contributed by atoms with Gasteiger partial charge >= 0.3 is 0 Å². The Morgan fingerprint density at radius 1 is 1.20 bits per heavy atom. The monoisotopic (exact) mass is 504 g/mol. The average molecular weight is 505 g/mol. The van der Waals surface area contributed by atoms with Crippen molar-refractivity contribution in [3.05, 3.63) is 52.3 Å². The molecule has 0 unspecified atom stereocenters. The van der Waals surface area contributed by atoms with Crippen LogP contribution in [0.5, 0.6) is 17.2 Å². The van der Waals surface area contributed by atoms with Crippen LogP contribution >= 0.6 is 11.6 Å². The molecule has 0 saturated carbocycles. The van der Waals surface area contributed by atoms with Crippen LogP contribution in [0.4, 0.5) is 4.39 Å². The van der Waals surface area contributed by atoms with Gasteiger partial charge in [0, 0.05) is 38.7 Å². The van der Waals surface area contributed by atoms with Gasteiger partial charge in [-0.25, -0.2) is 4.39 Å². The van der Waals surface area contributed by atoms with Crippen molar-refractivity contribution < 1.29 is 23.4 Å². The van der Waals surface area contributed by atoms with Gasteiger partial charge in [-0.1, -0.05) is 25.4 Å². The zero-order valence-electron chi connectivity index (χ0n) is 20.7. The van der Waals surface area contributed by atoms with Crippen LogP contribution in [0, 0.1) is 17.7 Å². The highest BCUT2D eigenvalue weighted by Crippen LogP contribution is 2.38. The van der Waals surface area contributed by atoms with E-state index in [9.17, 15) is 9.18 Å². The third-order valence-electron chi connectivity index (χ3n) is 6.33. The molecule has 2 aliphatic rings. The van der Waals surface area contributed by atoms with Crippen molar-refractivity contribution in [1.29, 1.82) is 0 Å². The van der Waals surface area contributed by atoms with Gasteiger partial charge in [0.2, 0.25) is 5.91 Å². The predicted octanol–water partition coefficient (Wildman–Crippen LogP) is 5.16. The summed E-state index contributed by atoms with van der Waals surface area (Å²) < 4.78 is 30.7. The summed E-state index contributed by atoms with van der Waals surface area (Å²) in [6, 6.07) is 8.54. The summed E-state index contributed by atoms with van der Waals surface area (Å²) in [5.41, 5.74) is 1.77. The zero-order chi connectivity index (χ0) is 24.9. The number of likely N-dealkylation sites (tertiary alicyclic amines) is 1. The van der Waals surface area contributed by atoms with E-state index in [1.807, 2.05) is 23.1 Å². The molecule has 35 heavy (non-hydrogen) atoms. The predicted molar refractivity (Wildman–Crippen MR) is 134 cm³/mol. The van der Waals surface area contributed by atoms with E-state index in [-0.39, 0.29) is 17.6 Å². The molecule has 0 spiro atoms. The summed E-state index contributed by atoms with van der Waals surface area (Å²) in [6.45, 7) is 8.52. The standard InChI is InChI=1S/C27H34ClFN2O4/c1-18(2)14-31(16-20-11-24(28)26-25(12-20)34-7-4-8-35-26)27(32)21-5-6-30(17-21)15-19-9-22(29)13-23(10-19)33-3/h9-13,18,21H,4-8,14-17H2,1-3H3/t21-/m1/s1. The van der Waals surface area contributed by atoms with Crippen molar-refractivity contribution in [2.45, 2.75) is 39.8 Å². The Balaban J connectivity index is 1.44. The first-order chi connectivity index (χ1) is 16.8. The van der Waals surface area contributed by atoms with Crippen molar-refractivity contribution in [3.63, 3.8) is 0 Å². The molecule has 2 heterocycles. The third-order valence-corrected chi connectivity index (χ3v) is 6.61. The molecule has 1 saturated heterocycles. The minimum atomic E-state index is -0.317. The molecule has 0 aromatic heterocycles. The van der Waals surface area contributed by atoms with E-state index in [0.29, 0.717) is 67.6 Å². The maximum atomic E-state index is 13.9. The number of rotatable bonds is 8. The summed E-state index contributed by atoms with van der Waals surface area (Å²) in [6.07, 6.45) is 1.58. The van der Waals surface area contributed by atoms with Crippen molar-refractivity contribution in [2.24, 2.45) is 11.8 Å². The molecule has 2 aliphatic heterocycles. The molecule has 0 radical (unpaired) electrons. The van der Waals surface area contributed by atoms with E-state index >= 15 is 0 Å². The summed E-state index contributed by atoms with van der Waals surface area (Å²) in [4.78, 5) is 17.7. The average Bonchev–Trinajstić information content (AvgIpc) is 3.13. The van der Waals surface area contributed by atoms with Crippen LogP contribution in [-0.2, 0) is 17.9 Å². The van der Waals surface area contributed by atoms with Gasteiger partial charge in [0.1, 0.15) is 11.6 Å². The minimum absolute atomic E-state index is 0.0971. The number of amides is 1. The van der Waals surface area contributed by atoms with Crippen LogP contribution in [0.3, 0.4) is 0 Å². The van der Waals surface area contributed by atoms with Crippen LogP contribution in [0.15, 0.2) is 30.3 Å². The van der Waals surface area contributed by atoms with E-state index in [4.69, 9.17) is 25.8 Å². The maximum absolute atomic E-state index is 13.9. The highest BCUT2D eigenvalue weighted by molar-refractivity contribution is 6.32. The topological polar surface area (TPSA) is 51.2 Å². The van der Waals surface area contributed by atoms with E-state index in [2.05, 4.69) is 18.7 Å². The van der Waals surface area contributed by atoms with Crippen LogP contribution in [0.2, 0.25) is 5.02 Å². The lowest BCUT2D eigenvalue weighted by Crippen LogP contribution is -2.39. The van der Waals surface area contributed by atoms with Gasteiger partial charge in [-0.3, -0.25) is 9.69 Å². The van der Waals surface area contributed by atoms with E-state index < -0.39 is 0 Å². The summed E-state index contributed by atoms with van der Waals surface area (Å²) in [5.74, 6) is 1.77. The lowest BCUT2D eigenvalue weighted by Gasteiger charge is -2.28. The van der Waals surface area contributed by atoms with Gasteiger partial charge in [-0.05, 0) is 54.3 Å². The van der Waals surface area contributed by atoms with Crippen molar-refractivity contribution in [3.8, 4) is 17.2 Å². The Hall–Kier alpha value is -2.51. The fourth-order valence-electron chi connectivity index (χ4n) is 4.79. The molecule has 2 aromatic carbocycles. The molecule has 6 nitrogen and oxygen atoms in total. The number of carbonyl (C=O) groups excluding carboxylic acids is 1. The fourth-order valence-corrected chi connectivity index (χ4v) is 5.08. The van der Waals surface area contributed by atoms with E-state index in [0.717, 1.165) is 30.5 Å². The van der Waals surface area contributed by atoms with Gasteiger partial charge in [0.05, 0.1) is 31.3 Å². The van der Waals surface area contributed by atoms with Crippen LogP contribution in [0.25, 0.3) is 0 Å². The number of methoxy groups -OCH3 is 1. The number of hydrogen-bond donors (Lipinski definition) is 0. The minimum Gasteiger partial charge on any atom is -0.497 e. The molecular weight excluding hydrogens is 471 g/mol. The van der Waals surface area contributed by atoms with Crippen molar-refractivity contribution in [1.82, 2.24) is 9.80 Å². The SMILES string of the molecule is COc1cc(F)cc(CN2CC[C@@H](C(=O)N(Cc3cc(Cl)c4c(c3)OCCCO4)CC(C)C)C2)c1. The second-order valence-corrected chi connectivity index (χ2v) is 10.2. The Kier molecular flexibility index (Phi) is 8.39. The van der Waals surface area contributed by atoms with E-state index in [1.54, 1.807) is 0 Å². The summed E-state index contributed by atoms with van der Waals surface area (Å²) in [5, 5.41) is 0.508. The molecular formula is C27H34ClFN2O4. The fraction of sp³-hybridized carbons (Fsp3) is 0.519. The van der Waals surface area contributed by atoms with Gasteiger partial charge in [0.15, 0.2) is 11.5 Å². The molecule has 0 bridgehead atoms. The summed E-state index contributed by atoms with van der Waals surface area (Å²) >= 11 is 6.49. The highest BCUT2D eigenvalue weighted by Gasteiger charge is 2.32. The number of carbonyl (C=O) groups is 1. The van der Waals surface area contributed by atoms with Crippen LogP contribution in [0.1, 0.15) is 37.8 Å². The lowest BCUT2D eigenvalue weighted by atomic mass is 10.0. The van der Waals surface area contributed by atoms with Crippen molar-refractivity contribution in [2.75, 3.05) is 40.0 Å². The smallest absolute Gasteiger partial charge is 0.227 e. The molecule has 0 aliphatic carbocycles. The van der Waals surface area contributed by atoms with Gasteiger partial charge in [-0.15, -0.1) is 0 Å². The molecule has 190 valence electrons. The molecule has 1 atom stereocenters. The molecule has 0 N–H and O–H groups in total. The Bertz CT molecular complexity index is 1050. The Morgan fingerprint density at radius 2 is 2.00 bits per heavy atom. The first kappa shape index (κ1) is 25.6. The Morgan fingerprint density at radius 3 is 2.77 bits per heavy atom. The third kappa shape index (κ3) is 6.58. The quantitative estimate of drug-likeness (QED) is 0.497. The molecule has 4 rings (SSSR count). The molecule has 2 aromatic rings. The van der Waals surface area contributed by atoms with Gasteiger partial charge in [-0.2, -0.15) is 0 Å². The van der Waals surface area contributed by atoms with Crippen LogP contribution in [-0.4, -0.2) is 55.7 Å². The molecule has 1 fully saturated rings. The second kappa shape index (κ2) is 11.5. The molecule has 1 amide bonds. The Labute approximate surface area is 211 Å². The normalized spacial score (nSPS) is 17.9. The first-order valence-electron chi connectivity index (χ1n) is 12.2. The maximum Gasteiger partial charge on any atom is 0.227 e. The van der Waals surface area contributed by atoms with Crippen LogP contribution < -0.4 is 14.2 Å². The van der Waals surface area contributed by atoms with E-state index in [1.165, 1.54) is 19.2 Å². The first-order valence-corrected chi connectivity index (χ1v) is 12.6.